The van der Waals surface area contributed by atoms with Gasteiger partial charge in [-0.3, -0.25) is 0 Å². The van der Waals surface area contributed by atoms with Crippen molar-refractivity contribution in [2.45, 2.75) is 52.1 Å². The summed E-state index contributed by atoms with van der Waals surface area (Å²) >= 11 is 0. The third kappa shape index (κ3) is 4.87. The Morgan fingerprint density at radius 2 is 2.00 bits per heavy atom. The van der Waals surface area contributed by atoms with Gasteiger partial charge in [-0.15, -0.1) is 0 Å². The minimum Gasteiger partial charge on any atom is -0.314 e. The Kier molecular flexibility index (Phi) is 7.20. The van der Waals surface area contributed by atoms with Gasteiger partial charge < -0.3 is 15.1 Å². The highest BCUT2D eigenvalue weighted by Gasteiger charge is 2.31. The highest BCUT2D eigenvalue weighted by molar-refractivity contribution is 4.88. The summed E-state index contributed by atoms with van der Waals surface area (Å²) in [4.78, 5) is 4.96. The van der Waals surface area contributed by atoms with Crippen LogP contribution in [0.4, 0.5) is 0 Å². The van der Waals surface area contributed by atoms with Gasteiger partial charge in [0.05, 0.1) is 0 Å². The Labute approximate surface area is 114 Å². The fourth-order valence-electron chi connectivity index (χ4n) is 2.96. The molecule has 0 amide bonds. The zero-order chi connectivity index (χ0) is 13.5. The molecule has 0 bridgehead atoms. The summed E-state index contributed by atoms with van der Waals surface area (Å²) in [7, 11) is 4.32. The van der Waals surface area contributed by atoms with Gasteiger partial charge in [0.2, 0.25) is 0 Å². The van der Waals surface area contributed by atoms with Crippen LogP contribution in [0.15, 0.2) is 0 Å². The van der Waals surface area contributed by atoms with E-state index >= 15 is 0 Å². The average molecular weight is 255 g/mol. The fourth-order valence-corrected chi connectivity index (χ4v) is 2.96. The number of rotatable bonds is 7. The lowest BCUT2D eigenvalue weighted by atomic mass is 9.87. The van der Waals surface area contributed by atoms with Crippen LogP contribution in [-0.4, -0.2) is 62.2 Å². The first-order valence-corrected chi connectivity index (χ1v) is 7.68. The Morgan fingerprint density at radius 1 is 1.28 bits per heavy atom. The summed E-state index contributed by atoms with van der Waals surface area (Å²) in [6, 6.07) is 1.44. The largest absolute Gasteiger partial charge is 0.314 e. The van der Waals surface area contributed by atoms with Crippen molar-refractivity contribution < 1.29 is 0 Å². The molecule has 1 N–H and O–H groups in total. The summed E-state index contributed by atoms with van der Waals surface area (Å²) in [6.07, 6.45) is 3.84. The molecule has 0 radical (unpaired) electrons. The van der Waals surface area contributed by atoms with E-state index in [1.54, 1.807) is 0 Å². The molecule has 1 aliphatic rings. The van der Waals surface area contributed by atoms with Gasteiger partial charge >= 0.3 is 0 Å². The Bertz CT molecular complexity index is 218. The quantitative estimate of drug-likeness (QED) is 0.751. The van der Waals surface area contributed by atoms with Gasteiger partial charge in [0.25, 0.3) is 0 Å². The molecule has 1 fully saturated rings. The number of nitrogens with zero attached hydrogens (tertiary/aromatic N) is 2. The molecular weight excluding hydrogens is 222 g/mol. The molecule has 0 saturated carbocycles. The lowest BCUT2D eigenvalue weighted by molar-refractivity contribution is 0.0820. The topological polar surface area (TPSA) is 18.5 Å². The molecule has 1 saturated heterocycles. The molecule has 3 atom stereocenters. The predicted molar refractivity (Wildman–Crippen MR) is 80.1 cm³/mol. The van der Waals surface area contributed by atoms with E-state index in [1.165, 1.54) is 45.4 Å². The number of nitrogens with one attached hydrogen (secondary N) is 1. The number of likely N-dealkylation sites (tertiary alicyclic amines) is 1. The summed E-state index contributed by atoms with van der Waals surface area (Å²) in [5.41, 5.74) is 0. The van der Waals surface area contributed by atoms with E-state index < -0.39 is 0 Å². The van der Waals surface area contributed by atoms with E-state index in [-0.39, 0.29) is 0 Å². The zero-order valence-electron chi connectivity index (χ0n) is 13.1. The Hall–Kier alpha value is -0.120. The Balaban J connectivity index is 2.33. The van der Waals surface area contributed by atoms with Gasteiger partial charge in [0.15, 0.2) is 0 Å². The highest BCUT2D eigenvalue weighted by atomic mass is 15.2. The average Bonchev–Trinajstić information content (AvgIpc) is 2.33. The van der Waals surface area contributed by atoms with E-state index in [4.69, 9.17) is 0 Å². The van der Waals surface area contributed by atoms with Crippen molar-refractivity contribution in [1.82, 2.24) is 15.1 Å². The molecule has 3 heteroatoms. The minimum absolute atomic E-state index is 0.718. The number of piperidine rings is 1. The standard InChI is InChI=1S/C15H33N3/c1-6-9-16-15-8-12-18(14(3)13(15)2)11-7-10-17(4)5/h13-16H,6-12H2,1-5H3. The lowest BCUT2D eigenvalue weighted by Crippen LogP contribution is -2.53. The van der Waals surface area contributed by atoms with Crippen molar-refractivity contribution >= 4 is 0 Å². The third-order valence-electron chi connectivity index (χ3n) is 4.41. The molecule has 0 aromatic carbocycles. The SMILES string of the molecule is CCCNC1CCN(CCCN(C)C)C(C)C1C. The normalized spacial score (nSPS) is 30.0. The van der Waals surface area contributed by atoms with Crippen LogP contribution >= 0.6 is 0 Å². The maximum absolute atomic E-state index is 3.71. The number of hydrogen-bond acceptors (Lipinski definition) is 3. The van der Waals surface area contributed by atoms with Crippen LogP contribution in [0.1, 0.15) is 40.0 Å². The van der Waals surface area contributed by atoms with Crippen molar-refractivity contribution in [3.05, 3.63) is 0 Å². The first-order valence-electron chi connectivity index (χ1n) is 7.68. The summed E-state index contributed by atoms with van der Waals surface area (Å²) in [6.45, 7) is 12.0. The van der Waals surface area contributed by atoms with Crippen molar-refractivity contribution in [1.29, 1.82) is 0 Å². The van der Waals surface area contributed by atoms with Gasteiger partial charge in [-0.2, -0.15) is 0 Å². The molecule has 1 rings (SSSR count). The third-order valence-corrected chi connectivity index (χ3v) is 4.41. The molecule has 0 spiro atoms. The predicted octanol–water partition coefficient (Wildman–Crippen LogP) is 2.04. The summed E-state index contributed by atoms with van der Waals surface area (Å²) < 4.78 is 0. The molecule has 0 aromatic rings. The van der Waals surface area contributed by atoms with Crippen molar-refractivity contribution in [2.75, 3.05) is 40.3 Å². The van der Waals surface area contributed by atoms with Crippen molar-refractivity contribution in [3.8, 4) is 0 Å². The highest BCUT2D eigenvalue weighted by Crippen LogP contribution is 2.23. The van der Waals surface area contributed by atoms with Crippen molar-refractivity contribution in [3.63, 3.8) is 0 Å². The van der Waals surface area contributed by atoms with E-state index in [1.807, 2.05) is 0 Å². The molecular formula is C15H33N3. The molecule has 18 heavy (non-hydrogen) atoms. The van der Waals surface area contributed by atoms with Gasteiger partial charge in [0.1, 0.15) is 0 Å². The first kappa shape index (κ1) is 15.9. The second-order valence-electron chi connectivity index (χ2n) is 6.14. The lowest BCUT2D eigenvalue weighted by Gasteiger charge is -2.43. The molecule has 1 heterocycles. The smallest absolute Gasteiger partial charge is 0.0120 e. The Morgan fingerprint density at radius 3 is 2.61 bits per heavy atom. The van der Waals surface area contributed by atoms with Gasteiger partial charge in [-0.05, 0) is 72.4 Å². The molecule has 108 valence electrons. The van der Waals surface area contributed by atoms with Crippen molar-refractivity contribution in [2.24, 2.45) is 5.92 Å². The first-order chi connectivity index (χ1) is 8.56. The molecule has 0 aromatic heterocycles. The molecule has 1 aliphatic heterocycles. The second kappa shape index (κ2) is 8.13. The molecule has 0 aliphatic carbocycles. The van der Waals surface area contributed by atoms with Crippen LogP contribution in [0.2, 0.25) is 0 Å². The maximum atomic E-state index is 3.71. The maximum Gasteiger partial charge on any atom is 0.0120 e. The van der Waals surface area contributed by atoms with Crippen LogP contribution in [0.3, 0.4) is 0 Å². The monoisotopic (exact) mass is 255 g/mol. The van der Waals surface area contributed by atoms with Crippen LogP contribution < -0.4 is 5.32 Å². The van der Waals surface area contributed by atoms with Gasteiger partial charge in [0, 0.05) is 12.1 Å². The van der Waals surface area contributed by atoms with Crippen LogP contribution in [0.25, 0.3) is 0 Å². The molecule has 3 nitrogen and oxygen atoms in total. The molecule has 3 unspecified atom stereocenters. The van der Waals surface area contributed by atoms with E-state index in [9.17, 15) is 0 Å². The van der Waals surface area contributed by atoms with E-state index in [2.05, 4.69) is 50.0 Å². The number of hydrogen-bond donors (Lipinski definition) is 1. The van der Waals surface area contributed by atoms with Crippen LogP contribution in [-0.2, 0) is 0 Å². The second-order valence-corrected chi connectivity index (χ2v) is 6.14. The fraction of sp³-hybridized carbons (Fsp3) is 1.00. The van der Waals surface area contributed by atoms with Gasteiger partial charge in [-0.25, -0.2) is 0 Å². The van der Waals surface area contributed by atoms with E-state index in [0.717, 1.165) is 18.0 Å². The van der Waals surface area contributed by atoms with Gasteiger partial charge in [-0.1, -0.05) is 13.8 Å². The van der Waals surface area contributed by atoms with Crippen LogP contribution in [0, 0.1) is 5.92 Å². The minimum atomic E-state index is 0.718. The van der Waals surface area contributed by atoms with Crippen LogP contribution in [0.5, 0.6) is 0 Å². The van der Waals surface area contributed by atoms with E-state index in [0.29, 0.717) is 0 Å². The summed E-state index contributed by atoms with van der Waals surface area (Å²) in [5, 5.41) is 3.71. The zero-order valence-corrected chi connectivity index (χ0v) is 13.1. The summed E-state index contributed by atoms with van der Waals surface area (Å²) in [5.74, 6) is 0.768.